The third-order valence-corrected chi connectivity index (χ3v) is 5.79. The zero-order valence-electron chi connectivity index (χ0n) is 14.6. The number of rotatable bonds is 6. The summed E-state index contributed by atoms with van der Waals surface area (Å²) in [4.78, 5) is 11.9. The first kappa shape index (κ1) is 18.8. The highest BCUT2D eigenvalue weighted by Crippen LogP contribution is 2.27. The molecule has 0 aromatic heterocycles. The Morgan fingerprint density at radius 2 is 1.67 bits per heavy atom. The van der Waals surface area contributed by atoms with Crippen LogP contribution < -0.4 is 4.31 Å². The van der Waals surface area contributed by atoms with E-state index < -0.39 is 28.4 Å². The lowest BCUT2D eigenvalue weighted by Gasteiger charge is -2.24. The van der Waals surface area contributed by atoms with E-state index in [4.69, 9.17) is 4.74 Å². The number of esters is 1. The summed E-state index contributed by atoms with van der Waals surface area (Å²) in [5.41, 5.74) is 0.325. The Kier molecular flexibility index (Phi) is 5.41. The van der Waals surface area contributed by atoms with E-state index in [9.17, 15) is 17.6 Å². The van der Waals surface area contributed by atoms with Crippen molar-refractivity contribution in [1.82, 2.24) is 0 Å². The van der Waals surface area contributed by atoms with Gasteiger partial charge in [-0.1, -0.05) is 30.3 Å². The Bertz CT molecular complexity index is 1060. The summed E-state index contributed by atoms with van der Waals surface area (Å²) in [7, 11) is -4.09. The number of sulfonamides is 1. The summed E-state index contributed by atoms with van der Waals surface area (Å²) < 4.78 is 45.3. The molecular weight excluding hydrogens is 369 g/mol. The Hall–Kier alpha value is -2.93. The minimum atomic E-state index is -4.09. The van der Waals surface area contributed by atoms with Gasteiger partial charge in [-0.15, -0.1) is 0 Å². The van der Waals surface area contributed by atoms with Crippen LogP contribution in [0.4, 0.5) is 10.1 Å². The van der Waals surface area contributed by atoms with Gasteiger partial charge in [-0.2, -0.15) is 0 Å². The Morgan fingerprint density at radius 1 is 1.00 bits per heavy atom. The van der Waals surface area contributed by atoms with Crippen LogP contribution in [-0.4, -0.2) is 27.5 Å². The number of halogens is 1. The van der Waals surface area contributed by atoms with Crippen LogP contribution in [0.25, 0.3) is 10.8 Å². The van der Waals surface area contributed by atoms with Crippen molar-refractivity contribution in [2.75, 3.05) is 17.5 Å². The molecule has 0 bridgehead atoms. The molecule has 0 fully saturated rings. The zero-order valence-corrected chi connectivity index (χ0v) is 15.4. The van der Waals surface area contributed by atoms with Crippen molar-refractivity contribution in [3.63, 3.8) is 0 Å². The fourth-order valence-electron chi connectivity index (χ4n) is 2.70. The summed E-state index contributed by atoms with van der Waals surface area (Å²) in [5, 5.41) is 1.77. The first-order chi connectivity index (χ1) is 12.9. The maximum absolute atomic E-state index is 13.2. The molecule has 7 heteroatoms. The monoisotopic (exact) mass is 387 g/mol. The smallest absolute Gasteiger partial charge is 0.326 e. The van der Waals surface area contributed by atoms with Crippen molar-refractivity contribution in [1.29, 1.82) is 0 Å². The van der Waals surface area contributed by atoms with Gasteiger partial charge in [0.1, 0.15) is 12.4 Å². The summed E-state index contributed by atoms with van der Waals surface area (Å²) in [6, 6.07) is 17.1. The maximum atomic E-state index is 13.2. The number of carbonyl (C=O) groups is 1. The summed E-state index contributed by atoms with van der Waals surface area (Å²) >= 11 is 0. The van der Waals surface area contributed by atoms with E-state index >= 15 is 0 Å². The van der Waals surface area contributed by atoms with E-state index in [1.165, 1.54) is 12.1 Å². The maximum Gasteiger partial charge on any atom is 0.326 e. The van der Waals surface area contributed by atoms with Gasteiger partial charge in [-0.25, -0.2) is 12.8 Å². The second kappa shape index (κ2) is 7.75. The van der Waals surface area contributed by atoms with Crippen LogP contribution in [-0.2, 0) is 19.6 Å². The zero-order chi connectivity index (χ0) is 19.4. The minimum absolute atomic E-state index is 0.110. The molecule has 0 spiro atoms. The number of anilines is 1. The molecule has 0 radical (unpaired) electrons. The molecule has 3 aromatic rings. The van der Waals surface area contributed by atoms with Gasteiger partial charge in [0, 0.05) is 0 Å². The fourth-order valence-corrected chi connectivity index (χ4v) is 4.11. The minimum Gasteiger partial charge on any atom is -0.465 e. The molecule has 0 heterocycles. The summed E-state index contributed by atoms with van der Waals surface area (Å²) in [6.07, 6.45) is 0. The second-order valence-electron chi connectivity index (χ2n) is 5.80. The normalized spacial score (nSPS) is 11.3. The number of hydrogen-bond acceptors (Lipinski definition) is 4. The van der Waals surface area contributed by atoms with Crippen LogP contribution in [0.1, 0.15) is 6.92 Å². The van der Waals surface area contributed by atoms with Crippen LogP contribution >= 0.6 is 0 Å². The molecular formula is C20H18FNO4S. The number of nitrogens with zero attached hydrogens (tertiary/aromatic N) is 1. The molecule has 0 aliphatic rings. The summed E-state index contributed by atoms with van der Waals surface area (Å²) in [6.45, 7) is 1.31. The molecule has 0 aliphatic heterocycles. The Balaban J connectivity index is 2.09. The second-order valence-corrected chi connectivity index (χ2v) is 7.66. The van der Waals surface area contributed by atoms with Gasteiger partial charge in [0.15, 0.2) is 0 Å². The van der Waals surface area contributed by atoms with Crippen LogP contribution in [0.3, 0.4) is 0 Å². The number of carbonyl (C=O) groups excluding carboxylic acids is 1. The van der Waals surface area contributed by atoms with Gasteiger partial charge in [-0.3, -0.25) is 9.10 Å². The van der Waals surface area contributed by atoms with Crippen molar-refractivity contribution in [3.05, 3.63) is 72.5 Å². The molecule has 5 nitrogen and oxygen atoms in total. The molecule has 140 valence electrons. The average Bonchev–Trinajstić information content (AvgIpc) is 2.66. The lowest BCUT2D eigenvalue weighted by Crippen LogP contribution is -2.36. The van der Waals surface area contributed by atoms with Crippen LogP contribution in [0.5, 0.6) is 0 Å². The highest BCUT2D eigenvalue weighted by atomic mass is 32.2. The van der Waals surface area contributed by atoms with Crippen molar-refractivity contribution in [3.8, 4) is 0 Å². The molecule has 0 N–H and O–H groups in total. The molecule has 0 saturated heterocycles. The number of hydrogen-bond donors (Lipinski definition) is 0. The Morgan fingerprint density at radius 3 is 2.33 bits per heavy atom. The predicted octanol–water partition coefficient (Wildman–Crippen LogP) is 3.74. The summed E-state index contributed by atoms with van der Waals surface area (Å²) in [5.74, 6) is -1.21. The van der Waals surface area contributed by atoms with E-state index in [-0.39, 0.29) is 11.5 Å². The van der Waals surface area contributed by atoms with E-state index in [0.29, 0.717) is 5.69 Å². The molecule has 0 atom stereocenters. The van der Waals surface area contributed by atoms with Gasteiger partial charge in [0.2, 0.25) is 0 Å². The molecule has 3 rings (SSSR count). The largest absolute Gasteiger partial charge is 0.465 e. The quantitative estimate of drug-likeness (QED) is 0.605. The standard InChI is InChI=1S/C20H18FNO4S/c1-2-26-20(23)14-22(27(24,25)19-11-8-17(21)9-12-19)18-10-7-15-5-3-4-6-16(15)13-18/h3-13H,2,14H2,1H3. The molecule has 0 aliphatic carbocycles. The topological polar surface area (TPSA) is 63.7 Å². The van der Waals surface area contributed by atoms with Crippen LogP contribution in [0.15, 0.2) is 71.6 Å². The lowest BCUT2D eigenvalue weighted by atomic mass is 10.1. The van der Waals surface area contributed by atoms with E-state index in [1.54, 1.807) is 25.1 Å². The molecule has 0 unspecified atom stereocenters. The predicted molar refractivity (Wildman–Crippen MR) is 102 cm³/mol. The van der Waals surface area contributed by atoms with Crippen LogP contribution in [0, 0.1) is 5.82 Å². The van der Waals surface area contributed by atoms with Crippen LogP contribution in [0.2, 0.25) is 0 Å². The highest BCUT2D eigenvalue weighted by molar-refractivity contribution is 7.92. The first-order valence-corrected chi connectivity index (χ1v) is 9.78. The molecule has 0 amide bonds. The first-order valence-electron chi connectivity index (χ1n) is 8.34. The van der Waals surface area contributed by atoms with Gasteiger partial charge in [0.05, 0.1) is 17.2 Å². The van der Waals surface area contributed by atoms with Crippen molar-refractivity contribution < 1.29 is 22.3 Å². The van der Waals surface area contributed by atoms with Gasteiger partial charge in [0.25, 0.3) is 10.0 Å². The van der Waals surface area contributed by atoms with Crippen molar-refractivity contribution in [2.24, 2.45) is 0 Å². The Labute approximate surface area is 157 Å². The lowest BCUT2D eigenvalue weighted by molar-refractivity contribution is -0.141. The van der Waals surface area contributed by atoms with Crippen molar-refractivity contribution in [2.45, 2.75) is 11.8 Å². The highest BCUT2D eigenvalue weighted by Gasteiger charge is 2.28. The van der Waals surface area contributed by atoms with Gasteiger partial charge in [-0.05, 0) is 54.1 Å². The fraction of sp³-hybridized carbons (Fsp3) is 0.150. The average molecular weight is 387 g/mol. The third-order valence-electron chi connectivity index (χ3n) is 4.00. The molecule has 3 aromatic carbocycles. The molecule has 0 saturated carbocycles. The van der Waals surface area contributed by atoms with Gasteiger partial charge < -0.3 is 4.74 Å². The SMILES string of the molecule is CCOC(=O)CN(c1ccc2ccccc2c1)S(=O)(=O)c1ccc(F)cc1. The number of ether oxygens (including phenoxy) is 1. The van der Waals surface area contributed by atoms with E-state index in [1.807, 2.05) is 24.3 Å². The number of fused-ring (bicyclic) bond motifs is 1. The molecule has 27 heavy (non-hydrogen) atoms. The number of benzene rings is 3. The van der Waals surface area contributed by atoms with E-state index in [2.05, 4.69) is 0 Å². The third kappa shape index (κ3) is 4.09. The van der Waals surface area contributed by atoms with E-state index in [0.717, 1.165) is 27.2 Å². The van der Waals surface area contributed by atoms with Gasteiger partial charge >= 0.3 is 5.97 Å². The van der Waals surface area contributed by atoms with Crippen molar-refractivity contribution >= 4 is 32.5 Å².